The van der Waals surface area contributed by atoms with Crippen LogP contribution in [0.3, 0.4) is 0 Å². The minimum absolute atomic E-state index is 0.442. The van der Waals surface area contributed by atoms with Crippen LogP contribution in [-0.4, -0.2) is 10.9 Å². The minimum atomic E-state index is -0.442. The fourth-order valence-electron chi connectivity index (χ4n) is 0.923. The molecule has 3 nitrogen and oxygen atoms in total. The molecule has 0 fully saturated rings. The molecule has 1 heterocycles. The third-order valence-corrected chi connectivity index (χ3v) is 1.93. The number of rotatable bonds is 1. The Morgan fingerprint density at radius 3 is 2.12 bits per heavy atom. The van der Waals surface area contributed by atoms with E-state index in [1.165, 1.54) is 6.20 Å². The summed E-state index contributed by atoms with van der Waals surface area (Å²) in [5.41, 5.74) is 5.38. The Balaban J connectivity index is 0.000000165. The molecule has 0 bridgehead atoms. The normalized spacial score (nSPS) is 8.81. The number of hydrogen-bond donors (Lipinski definition) is 1. The average molecular weight is 235 g/mol. The fourth-order valence-corrected chi connectivity index (χ4v) is 1.07. The Morgan fingerprint density at radius 2 is 1.81 bits per heavy atom. The molecule has 2 aromatic rings. The number of nitrogens with zero attached hydrogens (tertiary/aromatic N) is 1. The van der Waals surface area contributed by atoms with Crippen LogP contribution in [0.15, 0.2) is 54.9 Å². The molecule has 82 valence electrons. The molecule has 0 spiro atoms. The van der Waals surface area contributed by atoms with Crippen molar-refractivity contribution in [2.75, 3.05) is 0 Å². The Morgan fingerprint density at radius 1 is 1.12 bits per heavy atom. The Kier molecular flexibility index (Phi) is 5.02. The van der Waals surface area contributed by atoms with Gasteiger partial charge in [-0.1, -0.05) is 29.8 Å². The average Bonchev–Trinajstić information content (AvgIpc) is 2.32. The Hall–Kier alpha value is -1.87. The maximum Gasteiger partial charge on any atom is 0.250 e. The second-order valence-electron chi connectivity index (χ2n) is 2.90. The van der Waals surface area contributed by atoms with Crippen molar-refractivity contribution in [3.63, 3.8) is 0 Å². The highest BCUT2D eigenvalue weighted by atomic mass is 35.5. The summed E-state index contributed by atoms with van der Waals surface area (Å²) < 4.78 is 0. The molecule has 0 aliphatic rings. The van der Waals surface area contributed by atoms with Crippen LogP contribution < -0.4 is 5.73 Å². The van der Waals surface area contributed by atoms with Gasteiger partial charge in [-0.05, 0) is 24.3 Å². The molecule has 0 atom stereocenters. The van der Waals surface area contributed by atoms with Crippen molar-refractivity contribution >= 4 is 17.5 Å². The molecular weight excluding hydrogens is 224 g/mol. The molecular formula is C12H11ClN2O. The van der Waals surface area contributed by atoms with E-state index in [1.807, 2.05) is 30.3 Å². The number of carbonyl (C=O) groups is 1. The standard InChI is InChI=1S/C6H5Cl.C6H6N2O/c7-6-4-2-1-3-5-6;7-6(9)5-2-1-3-8-4-5/h1-5H;1-4H,(H2,7,9). The van der Waals surface area contributed by atoms with E-state index in [4.69, 9.17) is 17.3 Å². The number of aromatic nitrogens is 1. The molecule has 1 amide bonds. The molecule has 0 saturated carbocycles. The fraction of sp³-hybridized carbons (Fsp3) is 0. The molecule has 16 heavy (non-hydrogen) atoms. The highest BCUT2D eigenvalue weighted by molar-refractivity contribution is 6.30. The van der Waals surface area contributed by atoms with E-state index in [9.17, 15) is 4.79 Å². The van der Waals surface area contributed by atoms with Gasteiger partial charge in [-0.3, -0.25) is 9.78 Å². The number of benzene rings is 1. The van der Waals surface area contributed by atoms with Crippen LogP contribution in [0.4, 0.5) is 0 Å². The van der Waals surface area contributed by atoms with Gasteiger partial charge in [0.15, 0.2) is 0 Å². The summed E-state index contributed by atoms with van der Waals surface area (Å²) in [6.07, 6.45) is 3.02. The maximum absolute atomic E-state index is 10.4. The van der Waals surface area contributed by atoms with Crippen molar-refractivity contribution in [3.05, 3.63) is 65.4 Å². The number of hydrogen-bond acceptors (Lipinski definition) is 2. The lowest BCUT2D eigenvalue weighted by Crippen LogP contribution is -2.10. The van der Waals surface area contributed by atoms with Crippen LogP contribution in [0.25, 0.3) is 0 Å². The monoisotopic (exact) mass is 234 g/mol. The lowest BCUT2D eigenvalue weighted by atomic mass is 10.3. The Labute approximate surface area is 98.9 Å². The van der Waals surface area contributed by atoms with Crippen LogP contribution in [-0.2, 0) is 0 Å². The van der Waals surface area contributed by atoms with Crippen molar-refractivity contribution in [1.29, 1.82) is 0 Å². The second kappa shape index (κ2) is 6.58. The highest BCUT2D eigenvalue weighted by Gasteiger charge is 1.94. The van der Waals surface area contributed by atoms with Gasteiger partial charge >= 0.3 is 0 Å². The molecule has 1 aromatic heterocycles. The zero-order valence-electron chi connectivity index (χ0n) is 8.51. The largest absolute Gasteiger partial charge is 0.366 e. The topological polar surface area (TPSA) is 56.0 Å². The first-order chi connectivity index (χ1) is 7.70. The van der Waals surface area contributed by atoms with E-state index in [0.29, 0.717) is 5.56 Å². The van der Waals surface area contributed by atoms with Crippen molar-refractivity contribution < 1.29 is 4.79 Å². The summed E-state index contributed by atoms with van der Waals surface area (Å²) >= 11 is 5.54. The zero-order chi connectivity index (χ0) is 11.8. The van der Waals surface area contributed by atoms with E-state index in [1.54, 1.807) is 18.3 Å². The molecule has 0 aliphatic carbocycles. The third-order valence-electron chi connectivity index (χ3n) is 1.68. The summed E-state index contributed by atoms with van der Waals surface area (Å²) in [6.45, 7) is 0. The number of pyridine rings is 1. The Bertz CT molecular complexity index is 431. The van der Waals surface area contributed by atoms with E-state index < -0.39 is 5.91 Å². The van der Waals surface area contributed by atoms with Gasteiger partial charge in [0.1, 0.15) is 0 Å². The molecule has 2 rings (SSSR count). The number of amides is 1. The van der Waals surface area contributed by atoms with Crippen molar-refractivity contribution in [3.8, 4) is 0 Å². The molecule has 4 heteroatoms. The first-order valence-electron chi connectivity index (χ1n) is 4.60. The van der Waals surface area contributed by atoms with Crippen LogP contribution >= 0.6 is 11.6 Å². The van der Waals surface area contributed by atoms with Crippen molar-refractivity contribution in [2.45, 2.75) is 0 Å². The van der Waals surface area contributed by atoms with Gasteiger partial charge in [0.2, 0.25) is 5.91 Å². The SMILES string of the molecule is Clc1ccccc1.NC(=O)c1cccnc1. The first kappa shape index (κ1) is 12.2. The molecule has 0 aliphatic heterocycles. The van der Waals surface area contributed by atoms with Gasteiger partial charge in [0.25, 0.3) is 0 Å². The third kappa shape index (κ3) is 4.57. The zero-order valence-corrected chi connectivity index (χ0v) is 9.26. The minimum Gasteiger partial charge on any atom is -0.366 e. The van der Waals surface area contributed by atoms with Crippen LogP contribution in [0.2, 0.25) is 5.02 Å². The van der Waals surface area contributed by atoms with E-state index in [0.717, 1.165) is 5.02 Å². The summed E-state index contributed by atoms with van der Waals surface area (Å²) in [7, 11) is 0. The predicted molar refractivity (Wildman–Crippen MR) is 64.2 cm³/mol. The maximum atomic E-state index is 10.4. The van der Waals surface area contributed by atoms with E-state index in [2.05, 4.69) is 4.98 Å². The summed E-state index contributed by atoms with van der Waals surface area (Å²) in [5.74, 6) is -0.442. The molecule has 0 radical (unpaired) electrons. The van der Waals surface area contributed by atoms with Crippen LogP contribution in [0, 0.1) is 0 Å². The molecule has 0 saturated heterocycles. The van der Waals surface area contributed by atoms with Gasteiger partial charge in [0.05, 0.1) is 5.56 Å². The van der Waals surface area contributed by atoms with E-state index >= 15 is 0 Å². The van der Waals surface area contributed by atoms with Gasteiger partial charge < -0.3 is 5.73 Å². The molecule has 2 N–H and O–H groups in total. The van der Waals surface area contributed by atoms with Gasteiger partial charge in [-0.15, -0.1) is 0 Å². The smallest absolute Gasteiger partial charge is 0.250 e. The predicted octanol–water partition coefficient (Wildman–Crippen LogP) is 2.52. The molecule has 0 unspecified atom stereocenters. The number of carbonyl (C=O) groups excluding carboxylic acids is 1. The van der Waals surface area contributed by atoms with Crippen LogP contribution in [0.1, 0.15) is 10.4 Å². The quantitative estimate of drug-likeness (QED) is 0.824. The second-order valence-corrected chi connectivity index (χ2v) is 3.34. The molecule has 1 aromatic carbocycles. The number of halogens is 1. The highest BCUT2D eigenvalue weighted by Crippen LogP contribution is 2.03. The van der Waals surface area contributed by atoms with E-state index in [-0.39, 0.29) is 0 Å². The van der Waals surface area contributed by atoms with Crippen LogP contribution in [0.5, 0.6) is 0 Å². The lowest BCUT2D eigenvalue weighted by molar-refractivity contribution is 0.1000. The summed E-state index contributed by atoms with van der Waals surface area (Å²) in [5, 5.41) is 0.794. The number of nitrogens with two attached hydrogens (primary N) is 1. The van der Waals surface area contributed by atoms with Crippen molar-refractivity contribution in [2.24, 2.45) is 5.73 Å². The van der Waals surface area contributed by atoms with Gasteiger partial charge in [-0.2, -0.15) is 0 Å². The number of primary amides is 1. The first-order valence-corrected chi connectivity index (χ1v) is 4.98. The summed E-state index contributed by atoms with van der Waals surface area (Å²) in [6, 6.07) is 12.7. The summed E-state index contributed by atoms with van der Waals surface area (Å²) in [4.78, 5) is 14.1. The van der Waals surface area contributed by atoms with Crippen molar-refractivity contribution in [1.82, 2.24) is 4.98 Å². The lowest BCUT2D eigenvalue weighted by Gasteiger charge is -1.88. The van der Waals surface area contributed by atoms with Gasteiger partial charge in [0, 0.05) is 17.4 Å². The van der Waals surface area contributed by atoms with Gasteiger partial charge in [-0.25, -0.2) is 0 Å².